The van der Waals surface area contributed by atoms with Gasteiger partial charge in [0.05, 0.1) is 5.39 Å². The number of fused-ring (bicyclic) bond motifs is 1. The van der Waals surface area contributed by atoms with Crippen molar-refractivity contribution >= 4 is 22.8 Å². The SMILES string of the molecule is O=C(c1ccccn1)N1CC[C@@H](c2ccc3c(NCc4ccc(F)cc4)n[nH]c3n2)C1. The fraction of sp³-hybridized carbons (Fsp3) is 0.217. The third-order valence-corrected chi connectivity index (χ3v) is 5.60. The van der Waals surface area contributed by atoms with Gasteiger partial charge in [0.1, 0.15) is 11.5 Å². The molecule has 1 fully saturated rings. The molecule has 5 rings (SSSR count). The molecular formula is C23H21FN6O. The van der Waals surface area contributed by atoms with Crippen molar-refractivity contribution in [3.05, 3.63) is 83.6 Å². The largest absolute Gasteiger partial charge is 0.364 e. The quantitative estimate of drug-likeness (QED) is 0.518. The van der Waals surface area contributed by atoms with Gasteiger partial charge < -0.3 is 10.2 Å². The Morgan fingerprint density at radius 1 is 1.16 bits per heavy atom. The summed E-state index contributed by atoms with van der Waals surface area (Å²) in [5, 5.41) is 11.5. The van der Waals surface area contributed by atoms with E-state index in [0.29, 0.717) is 36.8 Å². The Labute approximate surface area is 178 Å². The van der Waals surface area contributed by atoms with Crippen LogP contribution in [0, 0.1) is 5.82 Å². The molecule has 1 aromatic carbocycles. The van der Waals surface area contributed by atoms with E-state index in [1.807, 2.05) is 23.1 Å². The van der Waals surface area contributed by atoms with Crippen LogP contribution in [-0.2, 0) is 6.54 Å². The van der Waals surface area contributed by atoms with E-state index in [9.17, 15) is 9.18 Å². The molecule has 31 heavy (non-hydrogen) atoms. The van der Waals surface area contributed by atoms with Crippen molar-refractivity contribution in [1.29, 1.82) is 0 Å². The second kappa shape index (κ2) is 8.14. The minimum Gasteiger partial charge on any atom is -0.364 e. The van der Waals surface area contributed by atoms with Gasteiger partial charge in [-0.15, -0.1) is 0 Å². The molecule has 3 aromatic heterocycles. The normalized spacial score (nSPS) is 16.0. The number of hydrogen-bond acceptors (Lipinski definition) is 5. The Kier molecular flexibility index (Phi) is 5.03. The fourth-order valence-corrected chi connectivity index (χ4v) is 3.91. The number of carbonyl (C=O) groups excluding carboxylic acids is 1. The number of aromatic nitrogens is 4. The van der Waals surface area contributed by atoms with E-state index in [-0.39, 0.29) is 17.6 Å². The zero-order valence-corrected chi connectivity index (χ0v) is 16.8. The lowest BCUT2D eigenvalue weighted by molar-refractivity contribution is 0.0785. The second-order valence-corrected chi connectivity index (χ2v) is 7.64. The summed E-state index contributed by atoms with van der Waals surface area (Å²) >= 11 is 0. The number of aromatic amines is 1. The van der Waals surface area contributed by atoms with Crippen LogP contribution in [0.15, 0.2) is 60.8 Å². The summed E-state index contributed by atoms with van der Waals surface area (Å²) in [4.78, 5) is 23.4. The predicted octanol–water partition coefficient (Wildman–Crippen LogP) is 3.73. The van der Waals surface area contributed by atoms with Crippen molar-refractivity contribution in [3.63, 3.8) is 0 Å². The molecule has 2 N–H and O–H groups in total. The highest BCUT2D eigenvalue weighted by atomic mass is 19.1. The number of anilines is 1. The lowest BCUT2D eigenvalue weighted by atomic mass is 10.0. The Morgan fingerprint density at radius 3 is 2.84 bits per heavy atom. The molecule has 1 aliphatic heterocycles. The molecule has 4 heterocycles. The molecule has 8 heteroatoms. The molecule has 0 spiro atoms. The summed E-state index contributed by atoms with van der Waals surface area (Å²) < 4.78 is 13.1. The van der Waals surface area contributed by atoms with Crippen molar-refractivity contribution in [2.75, 3.05) is 18.4 Å². The van der Waals surface area contributed by atoms with Crippen LogP contribution in [-0.4, -0.2) is 44.1 Å². The average molecular weight is 416 g/mol. The molecule has 156 valence electrons. The van der Waals surface area contributed by atoms with E-state index in [0.717, 1.165) is 23.1 Å². The zero-order valence-electron chi connectivity index (χ0n) is 16.8. The Hall–Kier alpha value is -3.81. The topological polar surface area (TPSA) is 86.8 Å². The Balaban J connectivity index is 1.27. The molecule has 0 saturated carbocycles. The van der Waals surface area contributed by atoms with Gasteiger partial charge >= 0.3 is 0 Å². The second-order valence-electron chi connectivity index (χ2n) is 7.64. The number of likely N-dealkylation sites (tertiary alicyclic amines) is 1. The number of rotatable bonds is 5. The van der Waals surface area contributed by atoms with Crippen LogP contribution < -0.4 is 5.32 Å². The predicted molar refractivity (Wildman–Crippen MR) is 115 cm³/mol. The first-order valence-electron chi connectivity index (χ1n) is 10.2. The van der Waals surface area contributed by atoms with E-state index in [4.69, 9.17) is 4.98 Å². The summed E-state index contributed by atoms with van der Waals surface area (Å²) in [6, 6.07) is 15.7. The monoisotopic (exact) mass is 416 g/mol. The maximum atomic E-state index is 13.1. The molecule has 0 unspecified atom stereocenters. The smallest absolute Gasteiger partial charge is 0.272 e. The minimum atomic E-state index is -0.252. The van der Waals surface area contributed by atoms with Crippen molar-refractivity contribution in [2.24, 2.45) is 0 Å². The Morgan fingerprint density at radius 2 is 2.03 bits per heavy atom. The van der Waals surface area contributed by atoms with E-state index in [2.05, 4.69) is 20.5 Å². The Bertz CT molecular complexity index is 1210. The first-order chi connectivity index (χ1) is 15.2. The average Bonchev–Trinajstić information content (AvgIpc) is 3.46. The number of hydrogen-bond donors (Lipinski definition) is 2. The fourth-order valence-electron chi connectivity index (χ4n) is 3.91. The number of halogens is 1. The summed E-state index contributed by atoms with van der Waals surface area (Å²) in [7, 11) is 0. The minimum absolute atomic E-state index is 0.0435. The van der Waals surface area contributed by atoms with Crippen LogP contribution in [0.3, 0.4) is 0 Å². The summed E-state index contributed by atoms with van der Waals surface area (Å²) in [5.41, 5.74) is 3.08. The third-order valence-electron chi connectivity index (χ3n) is 5.60. The zero-order chi connectivity index (χ0) is 21.2. The van der Waals surface area contributed by atoms with Gasteiger partial charge in [-0.1, -0.05) is 18.2 Å². The van der Waals surface area contributed by atoms with Crippen LogP contribution in [0.4, 0.5) is 10.2 Å². The van der Waals surface area contributed by atoms with Crippen molar-refractivity contribution in [1.82, 2.24) is 25.1 Å². The van der Waals surface area contributed by atoms with Gasteiger partial charge in [-0.05, 0) is 48.4 Å². The maximum Gasteiger partial charge on any atom is 0.272 e. The highest BCUT2D eigenvalue weighted by Crippen LogP contribution is 2.29. The number of amides is 1. The van der Waals surface area contributed by atoms with Crippen LogP contribution in [0.5, 0.6) is 0 Å². The van der Waals surface area contributed by atoms with Crippen LogP contribution in [0.1, 0.15) is 34.1 Å². The van der Waals surface area contributed by atoms with Gasteiger partial charge in [0.15, 0.2) is 11.5 Å². The number of carbonyl (C=O) groups is 1. The highest BCUT2D eigenvalue weighted by molar-refractivity contribution is 5.92. The van der Waals surface area contributed by atoms with E-state index >= 15 is 0 Å². The lowest BCUT2D eigenvalue weighted by Gasteiger charge is -2.15. The number of benzene rings is 1. The number of nitrogens with zero attached hydrogens (tertiary/aromatic N) is 4. The van der Waals surface area contributed by atoms with Gasteiger partial charge in [-0.25, -0.2) is 9.37 Å². The first kappa shape index (κ1) is 19.2. The van der Waals surface area contributed by atoms with E-state index in [1.165, 1.54) is 12.1 Å². The van der Waals surface area contributed by atoms with Crippen LogP contribution >= 0.6 is 0 Å². The molecule has 1 saturated heterocycles. The molecule has 1 atom stereocenters. The van der Waals surface area contributed by atoms with Crippen molar-refractivity contribution < 1.29 is 9.18 Å². The van der Waals surface area contributed by atoms with Crippen molar-refractivity contribution in [2.45, 2.75) is 18.9 Å². The number of H-pyrrole nitrogens is 1. The molecule has 0 radical (unpaired) electrons. The molecule has 7 nitrogen and oxygen atoms in total. The molecule has 0 bridgehead atoms. The van der Waals surface area contributed by atoms with E-state index in [1.54, 1.807) is 30.5 Å². The molecule has 0 aliphatic carbocycles. The number of pyridine rings is 2. The summed E-state index contributed by atoms with van der Waals surface area (Å²) in [6.45, 7) is 1.85. The first-order valence-corrected chi connectivity index (χ1v) is 10.2. The van der Waals surface area contributed by atoms with Gasteiger partial charge in [-0.2, -0.15) is 5.10 Å². The number of nitrogens with one attached hydrogen (secondary N) is 2. The van der Waals surface area contributed by atoms with Crippen LogP contribution in [0.2, 0.25) is 0 Å². The molecular weight excluding hydrogens is 395 g/mol. The molecule has 1 aliphatic rings. The lowest BCUT2D eigenvalue weighted by Crippen LogP contribution is -2.29. The summed E-state index contributed by atoms with van der Waals surface area (Å²) in [6.07, 6.45) is 2.50. The van der Waals surface area contributed by atoms with Crippen molar-refractivity contribution in [3.8, 4) is 0 Å². The van der Waals surface area contributed by atoms with Gasteiger partial charge in [0, 0.05) is 37.4 Å². The van der Waals surface area contributed by atoms with Gasteiger partial charge in [-0.3, -0.25) is 14.9 Å². The van der Waals surface area contributed by atoms with Crippen LogP contribution in [0.25, 0.3) is 11.0 Å². The summed E-state index contributed by atoms with van der Waals surface area (Å²) in [5.74, 6) is 0.587. The molecule has 4 aromatic rings. The molecule has 1 amide bonds. The maximum absolute atomic E-state index is 13.1. The van der Waals surface area contributed by atoms with Gasteiger partial charge in [0.2, 0.25) is 0 Å². The van der Waals surface area contributed by atoms with E-state index < -0.39 is 0 Å². The highest BCUT2D eigenvalue weighted by Gasteiger charge is 2.29. The third kappa shape index (κ3) is 3.96. The standard InChI is InChI=1S/C23H21FN6O/c24-17-6-4-15(5-7-17)13-26-21-18-8-9-19(27-22(18)29-28-21)16-10-12-30(14-16)23(31)20-3-1-2-11-25-20/h1-9,11,16H,10,12-14H2,(H2,26,27,28,29)/t16-/m1/s1. The van der Waals surface area contributed by atoms with Gasteiger partial charge in [0.25, 0.3) is 5.91 Å².